The van der Waals surface area contributed by atoms with Crippen molar-refractivity contribution in [2.45, 2.75) is 0 Å². The summed E-state index contributed by atoms with van der Waals surface area (Å²) in [6.45, 7) is 0. The van der Waals surface area contributed by atoms with Gasteiger partial charge < -0.3 is 14.5 Å². The molecular formula is C22H18ClN3O4S. The molecule has 7 nitrogen and oxygen atoms in total. The Morgan fingerprint density at radius 2 is 1.71 bits per heavy atom. The second-order valence-electron chi connectivity index (χ2n) is 6.50. The zero-order valence-electron chi connectivity index (χ0n) is 16.6. The fourth-order valence-corrected chi connectivity index (χ4v) is 4.06. The molecule has 0 aliphatic carbocycles. The number of hydrazine groups is 1. The van der Waals surface area contributed by atoms with Gasteiger partial charge in [0.25, 0.3) is 11.8 Å². The second kappa shape index (κ2) is 8.71. The number of hydrogen-bond donors (Lipinski definition) is 3. The first-order valence-corrected chi connectivity index (χ1v) is 10.5. The van der Waals surface area contributed by atoms with E-state index in [9.17, 15) is 9.59 Å². The van der Waals surface area contributed by atoms with Gasteiger partial charge in [-0.3, -0.25) is 20.4 Å². The van der Waals surface area contributed by atoms with Crippen LogP contribution in [-0.2, 0) is 0 Å². The first kappa shape index (κ1) is 20.8. The van der Waals surface area contributed by atoms with Gasteiger partial charge in [-0.2, -0.15) is 0 Å². The monoisotopic (exact) mass is 455 g/mol. The lowest BCUT2D eigenvalue weighted by Gasteiger charge is -2.14. The fraction of sp³-hybridized carbons (Fsp3) is 0.0909. The predicted octanol–water partition coefficient (Wildman–Crippen LogP) is 4.64. The molecule has 0 fully saturated rings. The molecule has 0 unspecified atom stereocenters. The molecule has 2 amide bonds. The third-order valence-electron chi connectivity index (χ3n) is 4.74. The molecule has 0 saturated carbocycles. The summed E-state index contributed by atoms with van der Waals surface area (Å²) in [4.78, 5) is 28.8. The van der Waals surface area contributed by atoms with Crippen LogP contribution in [0.2, 0.25) is 5.02 Å². The van der Waals surface area contributed by atoms with E-state index < -0.39 is 11.8 Å². The molecule has 0 bridgehead atoms. The van der Waals surface area contributed by atoms with E-state index in [4.69, 9.17) is 21.1 Å². The van der Waals surface area contributed by atoms with Crippen LogP contribution in [-0.4, -0.2) is 31.0 Å². The number of rotatable bonds is 5. The lowest BCUT2D eigenvalue weighted by atomic mass is 10.0. The van der Waals surface area contributed by atoms with Crippen LogP contribution in [0, 0.1) is 0 Å². The summed E-state index contributed by atoms with van der Waals surface area (Å²) < 4.78 is 11.0. The Balaban J connectivity index is 1.76. The first-order valence-electron chi connectivity index (χ1n) is 9.19. The van der Waals surface area contributed by atoms with Gasteiger partial charge in [0.05, 0.1) is 30.0 Å². The summed E-state index contributed by atoms with van der Waals surface area (Å²) in [6.07, 6.45) is 1.79. The molecule has 158 valence electrons. The number of nitrogens with one attached hydrogen (secondary N) is 3. The minimum absolute atomic E-state index is 0.241. The molecule has 0 saturated heterocycles. The van der Waals surface area contributed by atoms with Gasteiger partial charge in [0.2, 0.25) is 0 Å². The second-order valence-corrected chi connectivity index (χ2v) is 7.89. The molecule has 4 aromatic rings. The van der Waals surface area contributed by atoms with Crippen LogP contribution in [0.1, 0.15) is 20.0 Å². The topological polar surface area (TPSA) is 92.4 Å². The highest BCUT2D eigenvalue weighted by atomic mass is 35.5. The molecule has 3 N–H and O–H groups in total. The smallest absolute Gasteiger partial charge is 0.279 e. The van der Waals surface area contributed by atoms with Crippen LogP contribution >= 0.6 is 22.9 Å². The molecule has 4 rings (SSSR count). The van der Waals surface area contributed by atoms with Crippen molar-refractivity contribution in [2.24, 2.45) is 0 Å². The van der Waals surface area contributed by atoms with Crippen molar-refractivity contribution < 1.29 is 19.1 Å². The largest absolute Gasteiger partial charge is 0.496 e. The maximum absolute atomic E-state index is 13.0. The number of thiophene rings is 1. The third-order valence-corrected chi connectivity index (χ3v) is 5.86. The van der Waals surface area contributed by atoms with Gasteiger partial charge in [-0.05, 0) is 29.1 Å². The summed E-state index contributed by atoms with van der Waals surface area (Å²) in [5.74, 6) is -0.0896. The Bertz CT molecular complexity index is 1250. The van der Waals surface area contributed by atoms with Crippen molar-refractivity contribution >= 4 is 45.7 Å². The van der Waals surface area contributed by atoms with Crippen LogP contribution in [0.25, 0.3) is 22.0 Å². The molecule has 2 heterocycles. The Labute approximate surface area is 186 Å². The highest BCUT2D eigenvalue weighted by Crippen LogP contribution is 2.41. The Morgan fingerprint density at radius 3 is 2.35 bits per heavy atom. The van der Waals surface area contributed by atoms with Gasteiger partial charge in [0.1, 0.15) is 17.1 Å². The third kappa shape index (κ3) is 3.95. The number of aromatic nitrogens is 1. The lowest BCUT2D eigenvalue weighted by molar-refractivity contribution is 0.0848. The average Bonchev–Trinajstić information content (AvgIpc) is 3.47. The number of methoxy groups -OCH3 is 2. The molecule has 2 aromatic heterocycles. The number of hydrogen-bond acceptors (Lipinski definition) is 5. The summed E-state index contributed by atoms with van der Waals surface area (Å²) in [5, 5.41) is 3.11. The van der Waals surface area contributed by atoms with Crippen molar-refractivity contribution in [3.05, 3.63) is 69.5 Å². The maximum atomic E-state index is 13.0. The van der Waals surface area contributed by atoms with Gasteiger partial charge in [-0.1, -0.05) is 29.8 Å². The number of carbonyl (C=O) groups is 2. The number of amides is 2. The molecule has 31 heavy (non-hydrogen) atoms. The van der Waals surface area contributed by atoms with E-state index in [1.54, 1.807) is 49.0 Å². The average molecular weight is 456 g/mol. The molecule has 0 radical (unpaired) electrons. The Morgan fingerprint density at radius 1 is 1.00 bits per heavy atom. The number of carbonyl (C=O) groups excluding carboxylic acids is 2. The molecule has 0 aliphatic heterocycles. The standard InChI is InChI=1S/C22H18ClN3O4S/c1-29-15-10-16(30-2)19(22(28)26-25-21(27)17-4-3-9-31-17)20-18(15)14(11-24-20)12-5-7-13(23)8-6-12/h3-11,24H,1-2H3,(H,25,27)(H,26,28). The summed E-state index contributed by atoms with van der Waals surface area (Å²) >= 11 is 7.29. The minimum atomic E-state index is -0.529. The number of H-pyrrole nitrogens is 1. The van der Waals surface area contributed by atoms with Crippen LogP contribution in [0.4, 0.5) is 0 Å². The maximum Gasteiger partial charge on any atom is 0.279 e. The van der Waals surface area contributed by atoms with Crippen LogP contribution in [0.5, 0.6) is 11.5 Å². The quantitative estimate of drug-likeness (QED) is 0.382. The fourth-order valence-electron chi connectivity index (χ4n) is 3.31. The van der Waals surface area contributed by atoms with E-state index in [1.807, 2.05) is 12.1 Å². The predicted molar refractivity (Wildman–Crippen MR) is 121 cm³/mol. The number of fused-ring (bicyclic) bond motifs is 1. The van der Waals surface area contributed by atoms with Crippen molar-refractivity contribution in [1.82, 2.24) is 15.8 Å². The first-order chi connectivity index (χ1) is 15.0. The minimum Gasteiger partial charge on any atom is -0.496 e. The van der Waals surface area contributed by atoms with Gasteiger partial charge >= 0.3 is 0 Å². The zero-order chi connectivity index (χ0) is 22.0. The summed E-state index contributed by atoms with van der Waals surface area (Å²) in [6, 6.07) is 12.4. The van der Waals surface area contributed by atoms with E-state index in [1.165, 1.54) is 18.4 Å². The molecule has 0 aliphatic rings. The van der Waals surface area contributed by atoms with Crippen molar-refractivity contribution in [2.75, 3.05) is 14.2 Å². The molecule has 9 heteroatoms. The molecule has 0 spiro atoms. The lowest BCUT2D eigenvalue weighted by Crippen LogP contribution is -2.41. The van der Waals surface area contributed by atoms with Crippen molar-refractivity contribution in [3.8, 4) is 22.6 Å². The molecule has 2 aromatic carbocycles. The zero-order valence-corrected chi connectivity index (χ0v) is 18.2. The summed E-state index contributed by atoms with van der Waals surface area (Å²) in [5.41, 5.74) is 7.38. The van der Waals surface area contributed by atoms with E-state index >= 15 is 0 Å². The van der Waals surface area contributed by atoms with Crippen LogP contribution in [0.15, 0.2) is 54.0 Å². The molecule has 0 atom stereocenters. The SMILES string of the molecule is COc1cc(OC)c2c(-c3ccc(Cl)cc3)c[nH]c2c1C(=O)NNC(=O)c1cccs1. The Hall–Kier alpha value is -3.49. The van der Waals surface area contributed by atoms with Gasteiger partial charge in [-0.15, -0.1) is 11.3 Å². The van der Waals surface area contributed by atoms with Crippen LogP contribution < -0.4 is 20.3 Å². The Kier molecular flexibility index (Phi) is 5.83. The normalized spacial score (nSPS) is 10.7. The number of ether oxygens (including phenoxy) is 2. The van der Waals surface area contributed by atoms with Gasteiger partial charge in [-0.25, -0.2) is 0 Å². The highest BCUT2D eigenvalue weighted by molar-refractivity contribution is 7.12. The summed E-state index contributed by atoms with van der Waals surface area (Å²) in [7, 11) is 3.01. The highest BCUT2D eigenvalue weighted by Gasteiger charge is 2.24. The molecular weight excluding hydrogens is 438 g/mol. The van der Waals surface area contributed by atoms with Crippen LogP contribution in [0.3, 0.4) is 0 Å². The van der Waals surface area contributed by atoms with Crippen molar-refractivity contribution in [1.29, 1.82) is 0 Å². The van der Waals surface area contributed by atoms with E-state index in [0.29, 0.717) is 32.3 Å². The van der Waals surface area contributed by atoms with E-state index in [2.05, 4.69) is 15.8 Å². The number of benzene rings is 2. The van der Waals surface area contributed by atoms with Gasteiger partial charge in [0, 0.05) is 22.8 Å². The van der Waals surface area contributed by atoms with Crippen molar-refractivity contribution in [3.63, 3.8) is 0 Å². The van der Waals surface area contributed by atoms with Gasteiger partial charge in [0.15, 0.2) is 0 Å². The number of halogens is 1. The van der Waals surface area contributed by atoms with E-state index in [-0.39, 0.29) is 5.56 Å². The van der Waals surface area contributed by atoms with E-state index in [0.717, 1.165) is 11.1 Å². The number of aromatic amines is 1.